The Morgan fingerprint density at radius 1 is 1.22 bits per heavy atom. The minimum atomic E-state index is -0.164. The van der Waals surface area contributed by atoms with Crippen LogP contribution in [0.3, 0.4) is 0 Å². The number of amides is 1. The zero-order valence-corrected chi connectivity index (χ0v) is 11.0. The van der Waals surface area contributed by atoms with Gasteiger partial charge in [0.25, 0.3) is 5.91 Å². The van der Waals surface area contributed by atoms with Crippen molar-refractivity contribution < 1.29 is 4.79 Å². The van der Waals surface area contributed by atoms with Crippen molar-refractivity contribution in [1.29, 1.82) is 0 Å². The van der Waals surface area contributed by atoms with Gasteiger partial charge in [-0.05, 0) is 30.7 Å². The number of nitrogens with zero attached hydrogens (tertiary/aromatic N) is 2. The van der Waals surface area contributed by atoms with Crippen molar-refractivity contribution in [1.82, 2.24) is 4.98 Å². The smallest absolute Gasteiger partial charge is 0.261 e. The first-order chi connectivity index (χ1) is 8.61. The molecule has 0 saturated carbocycles. The van der Waals surface area contributed by atoms with Crippen LogP contribution in [0.25, 0.3) is 0 Å². The van der Waals surface area contributed by atoms with Crippen LogP contribution in [0.15, 0.2) is 42.6 Å². The van der Waals surface area contributed by atoms with Gasteiger partial charge in [0.2, 0.25) is 0 Å². The fraction of sp³-hybridized carbons (Fsp3) is 0.143. The molecular formula is C14H13ClN2O. The standard InChI is InChI=1S/C14H13ClN2O/c1-10-6-3-4-8-12(10)17(2)14(18)11-7-5-9-16-13(11)15/h3-9H,1-2H3. The second kappa shape index (κ2) is 5.19. The van der Waals surface area contributed by atoms with Crippen LogP contribution in [-0.2, 0) is 0 Å². The van der Waals surface area contributed by atoms with Crippen molar-refractivity contribution in [2.24, 2.45) is 0 Å². The number of carbonyl (C=O) groups excluding carboxylic acids is 1. The van der Waals surface area contributed by atoms with Gasteiger partial charge < -0.3 is 4.90 Å². The summed E-state index contributed by atoms with van der Waals surface area (Å²) in [6.45, 7) is 1.96. The van der Waals surface area contributed by atoms with E-state index in [1.165, 1.54) is 0 Å². The quantitative estimate of drug-likeness (QED) is 0.776. The van der Waals surface area contributed by atoms with Gasteiger partial charge in [-0.25, -0.2) is 4.98 Å². The number of carbonyl (C=O) groups is 1. The molecule has 0 aliphatic heterocycles. The molecule has 2 rings (SSSR count). The molecule has 1 amide bonds. The maximum absolute atomic E-state index is 12.3. The Kier molecular flexibility index (Phi) is 3.63. The van der Waals surface area contributed by atoms with Crippen molar-refractivity contribution >= 4 is 23.2 Å². The number of aryl methyl sites for hydroxylation is 1. The first-order valence-corrected chi connectivity index (χ1v) is 5.93. The van der Waals surface area contributed by atoms with E-state index in [0.29, 0.717) is 5.56 Å². The Bertz CT molecular complexity index is 584. The van der Waals surface area contributed by atoms with E-state index >= 15 is 0 Å². The summed E-state index contributed by atoms with van der Waals surface area (Å²) in [5.74, 6) is -0.164. The maximum atomic E-state index is 12.3. The minimum Gasteiger partial charge on any atom is -0.311 e. The molecule has 0 aliphatic carbocycles. The van der Waals surface area contributed by atoms with Crippen LogP contribution in [0.4, 0.5) is 5.69 Å². The van der Waals surface area contributed by atoms with Crippen molar-refractivity contribution in [3.63, 3.8) is 0 Å². The predicted octanol–water partition coefficient (Wildman–Crippen LogP) is 3.32. The van der Waals surface area contributed by atoms with E-state index in [1.54, 1.807) is 30.3 Å². The lowest BCUT2D eigenvalue weighted by atomic mass is 10.1. The number of rotatable bonds is 2. The Morgan fingerprint density at radius 3 is 2.61 bits per heavy atom. The predicted molar refractivity (Wildman–Crippen MR) is 73.2 cm³/mol. The van der Waals surface area contributed by atoms with Crippen LogP contribution in [-0.4, -0.2) is 17.9 Å². The van der Waals surface area contributed by atoms with E-state index in [0.717, 1.165) is 11.3 Å². The Balaban J connectivity index is 2.36. The summed E-state index contributed by atoms with van der Waals surface area (Å²) < 4.78 is 0. The molecule has 0 N–H and O–H groups in total. The molecule has 0 atom stereocenters. The van der Waals surface area contributed by atoms with Crippen LogP contribution in [0.2, 0.25) is 5.15 Å². The van der Waals surface area contributed by atoms with Crippen molar-refractivity contribution in [2.75, 3.05) is 11.9 Å². The zero-order valence-electron chi connectivity index (χ0n) is 10.2. The van der Waals surface area contributed by atoms with Crippen molar-refractivity contribution in [2.45, 2.75) is 6.92 Å². The van der Waals surface area contributed by atoms with Gasteiger partial charge in [-0.1, -0.05) is 29.8 Å². The number of aromatic nitrogens is 1. The number of pyridine rings is 1. The van der Waals surface area contributed by atoms with Gasteiger partial charge in [-0.2, -0.15) is 0 Å². The molecule has 18 heavy (non-hydrogen) atoms. The summed E-state index contributed by atoms with van der Waals surface area (Å²) in [6, 6.07) is 11.1. The average Bonchev–Trinajstić information content (AvgIpc) is 2.38. The minimum absolute atomic E-state index is 0.164. The van der Waals surface area contributed by atoms with E-state index in [2.05, 4.69) is 4.98 Å². The Morgan fingerprint density at radius 2 is 1.94 bits per heavy atom. The highest BCUT2D eigenvalue weighted by Crippen LogP contribution is 2.21. The molecule has 0 unspecified atom stereocenters. The fourth-order valence-electron chi connectivity index (χ4n) is 1.78. The zero-order chi connectivity index (χ0) is 13.1. The molecule has 1 aromatic carbocycles. The summed E-state index contributed by atoms with van der Waals surface area (Å²) in [5.41, 5.74) is 2.31. The molecule has 3 nitrogen and oxygen atoms in total. The van der Waals surface area contributed by atoms with Crippen LogP contribution in [0.1, 0.15) is 15.9 Å². The lowest BCUT2D eigenvalue weighted by molar-refractivity contribution is 0.0992. The molecular weight excluding hydrogens is 248 g/mol. The maximum Gasteiger partial charge on any atom is 0.261 e. The molecule has 0 saturated heterocycles. The first-order valence-electron chi connectivity index (χ1n) is 5.55. The third kappa shape index (κ3) is 2.36. The van der Waals surface area contributed by atoms with Gasteiger partial charge in [0.05, 0.1) is 5.56 Å². The molecule has 4 heteroatoms. The van der Waals surface area contributed by atoms with Gasteiger partial charge in [-0.3, -0.25) is 4.79 Å². The van der Waals surface area contributed by atoms with Gasteiger partial charge >= 0.3 is 0 Å². The first kappa shape index (κ1) is 12.6. The second-order valence-electron chi connectivity index (χ2n) is 3.99. The number of halogens is 1. The van der Waals surface area contributed by atoms with E-state index < -0.39 is 0 Å². The van der Waals surface area contributed by atoms with E-state index in [4.69, 9.17) is 11.6 Å². The van der Waals surface area contributed by atoms with E-state index in [1.807, 2.05) is 31.2 Å². The molecule has 0 spiro atoms. The highest BCUT2D eigenvalue weighted by molar-refractivity contribution is 6.33. The number of hydrogen-bond donors (Lipinski definition) is 0. The summed E-state index contributed by atoms with van der Waals surface area (Å²) in [4.78, 5) is 17.8. The topological polar surface area (TPSA) is 33.2 Å². The number of para-hydroxylation sites is 1. The summed E-state index contributed by atoms with van der Waals surface area (Å²) in [6.07, 6.45) is 1.56. The summed E-state index contributed by atoms with van der Waals surface area (Å²) in [5, 5.41) is 0.225. The van der Waals surface area contributed by atoms with Crippen LogP contribution in [0, 0.1) is 6.92 Å². The molecule has 0 radical (unpaired) electrons. The number of benzene rings is 1. The van der Waals surface area contributed by atoms with Crippen LogP contribution in [0.5, 0.6) is 0 Å². The summed E-state index contributed by atoms with van der Waals surface area (Å²) in [7, 11) is 1.73. The largest absolute Gasteiger partial charge is 0.311 e. The van der Waals surface area contributed by atoms with Crippen LogP contribution < -0.4 is 4.90 Å². The van der Waals surface area contributed by atoms with Gasteiger partial charge in [0.15, 0.2) is 0 Å². The SMILES string of the molecule is Cc1ccccc1N(C)C(=O)c1cccnc1Cl. The highest BCUT2D eigenvalue weighted by Gasteiger charge is 2.17. The monoisotopic (exact) mass is 260 g/mol. The third-order valence-electron chi connectivity index (χ3n) is 2.77. The van der Waals surface area contributed by atoms with Crippen molar-refractivity contribution in [3.8, 4) is 0 Å². The average molecular weight is 261 g/mol. The number of hydrogen-bond acceptors (Lipinski definition) is 2. The fourth-order valence-corrected chi connectivity index (χ4v) is 1.98. The number of anilines is 1. The third-order valence-corrected chi connectivity index (χ3v) is 3.07. The summed E-state index contributed by atoms with van der Waals surface area (Å²) >= 11 is 5.93. The second-order valence-corrected chi connectivity index (χ2v) is 4.35. The molecule has 1 aromatic heterocycles. The lowest BCUT2D eigenvalue weighted by Gasteiger charge is -2.19. The van der Waals surface area contributed by atoms with Gasteiger partial charge in [0, 0.05) is 18.9 Å². The highest BCUT2D eigenvalue weighted by atomic mass is 35.5. The van der Waals surface area contributed by atoms with Crippen LogP contribution >= 0.6 is 11.6 Å². The Labute approximate surface area is 111 Å². The van der Waals surface area contributed by atoms with E-state index in [9.17, 15) is 4.79 Å². The Hall–Kier alpha value is -1.87. The van der Waals surface area contributed by atoms with E-state index in [-0.39, 0.29) is 11.1 Å². The molecule has 2 aromatic rings. The molecule has 1 heterocycles. The normalized spacial score (nSPS) is 10.2. The molecule has 92 valence electrons. The lowest BCUT2D eigenvalue weighted by Crippen LogP contribution is -2.27. The van der Waals surface area contributed by atoms with Crippen molar-refractivity contribution in [3.05, 3.63) is 58.9 Å². The molecule has 0 bridgehead atoms. The van der Waals surface area contributed by atoms with Gasteiger partial charge in [0.1, 0.15) is 5.15 Å². The van der Waals surface area contributed by atoms with Gasteiger partial charge in [-0.15, -0.1) is 0 Å². The molecule has 0 aliphatic rings. The molecule has 0 fully saturated rings.